The van der Waals surface area contributed by atoms with Gasteiger partial charge in [0.1, 0.15) is 5.75 Å². The van der Waals surface area contributed by atoms with Gasteiger partial charge in [0.05, 0.1) is 48.4 Å². The number of hydrogen-bond donors (Lipinski definition) is 1. The Bertz CT molecular complexity index is 1430. The van der Waals surface area contributed by atoms with Crippen LogP contribution in [0.15, 0.2) is 71.6 Å². The molecular weight excluding hydrogens is 530 g/mol. The van der Waals surface area contributed by atoms with Gasteiger partial charge < -0.3 is 20.1 Å². The van der Waals surface area contributed by atoms with Crippen molar-refractivity contribution >= 4 is 40.1 Å². The van der Waals surface area contributed by atoms with E-state index in [1.807, 2.05) is 31.2 Å². The van der Waals surface area contributed by atoms with E-state index in [-0.39, 0.29) is 18.4 Å². The molecule has 4 rings (SSSR count). The molecule has 9 nitrogen and oxygen atoms in total. The van der Waals surface area contributed by atoms with Crippen molar-refractivity contribution in [2.75, 3.05) is 31.4 Å². The Morgan fingerprint density at radius 3 is 2.40 bits per heavy atom. The fraction of sp³-hybridized carbons (Fsp3) is 0.300. The van der Waals surface area contributed by atoms with E-state index in [2.05, 4.69) is 0 Å². The minimum Gasteiger partial charge on any atom is -0.495 e. The van der Waals surface area contributed by atoms with Gasteiger partial charge in [-0.2, -0.15) is 0 Å². The Hall–Kier alpha value is -4.18. The van der Waals surface area contributed by atoms with Crippen LogP contribution in [0.2, 0.25) is 0 Å². The fourth-order valence-electron chi connectivity index (χ4n) is 4.94. The standard InChI is InChI=1S/C30H33N3O6S/c1-20-7-4-5-9-25(20)33(30(31)36)26-15-10-21(17-27(26)38-2)18-28(34)32-16-6-8-23(32)19-40(37)24-13-11-22(12-14-24)29(35)39-3/h4-5,7,9-15,17,23H,6,8,16,18-19H2,1-3H3,(H2,31,36). The van der Waals surface area contributed by atoms with Gasteiger partial charge in [-0.1, -0.05) is 24.3 Å². The fourth-order valence-corrected chi connectivity index (χ4v) is 6.27. The maximum atomic E-state index is 13.3. The summed E-state index contributed by atoms with van der Waals surface area (Å²) in [4.78, 5) is 41.2. The highest BCUT2D eigenvalue weighted by Gasteiger charge is 2.31. The van der Waals surface area contributed by atoms with Gasteiger partial charge in [-0.25, -0.2) is 9.59 Å². The molecule has 2 unspecified atom stereocenters. The van der Waals surface area contributed by atoms with Crippen LogP contribution >= 0.6 is 0 Å². The minimum atomic E-state index is -1.33. The number of urea groups is 1. The number of ether oxygens (including phenoxy) is 2. The van der Waals surface area contributed by atoms with Crippen molar-refractivity contribution in [2.45, 2.75) is 37.1 Å². The smallest absolute Gasteiger partial charge is 0.337 e. The molecule has 3 aromatic rings. The Kier molecular flexibility index (Phi) is 9.21. The van der Waals surface area contributed by atoms with Gasteiger partial charge in [0, 0.05) is 23.2 Å². The molecule has 0 aliphatic carbocycles. The van der Waals surface area contributed by atoms with E-state index in [9.17, 15) is 18.6 Å². The van der Waals surface area contributed by atoms with Gasteiger partial charge >= 0.3 is 12.0 Å². The zero-order valence-corrected chi connectivity index (χ0v) is 23.6. The SMILES string of the molecule is COC(=O)c1ccc(S(=O)CC2CCCN2C(=O)Cc2ccc(N(C(N)=O)c3ccccc3C)c(OC)c2)cc1. The van der Waals surface area contributed by atoms with E-state index in [4.69, 9.17) is 15.2 Å². The van der Waals surface area contributed by atoms with Gasteiger partial charge in [-0.15, -0.1) is 0 Å². The zero-order chi connectivity index (χ0) is 28.8. The summed E-state index contributed by atoms with van der Waals surface area (Å²) in [7, 11) is 1.48. The zero-order valence-electron chi connectivity index (χ0n) is 22.8. The first-order valence-electron chi connectivity index (χ1n) is 12.9. The van der Waals surface area contributed by atoms with E-state index in [0.29, 0.717) is 39.9 Å². The van der Waals surface area contributed by atoms with Gasteiger partial charge in [-0.3, -0.25) is 13.9 Å². The number of aryl methyl sites for hydroxylation is 1. The normalized spacial score (nSPS) is 15.4. The van der Waals surface area contributed by atoms with Crippen molar-refractivity contribution in [3.8, 4) is 5.75 Å². The molecule has 1 aliphatic rings. The molecule has 0 radical (unpaired) electrons. The molecule has 3 aromatic carbocycles. The van der Waals surface area contributed by atoms with Crippen LogP contribution in [0.3, 0.4) is 0 Å². The summed E-state index contributed by atoms with van der Waals surface area (Å²) >= 11 is 0. The molecule has 2 N–H and O–H groups in total. The van der Waals surface area contributed by atoms with Crippen molar-refractivity contribution < 1.29 is 28.1 Å². The molecule has 1 saturated heterocycles. The highest BCUT2D eigenvalue weighted by atomic mass is 32.2. The highest BCUT2D eigenvalue weighted by molar-refractivity contribution is 7.85. The lowest BCUT2D eigenvalue weighted by Gasteiger charge is -2.26. The van der Waals surface area contributed by atoms with Crippen LogP contribution in [0.4, 0.5) is 16.2 Å². The number of carbonyl (C=O) groups excluding carboxylic acids is 3. The molecule has 0 aromatic heterocycles. The number of methoxy groups -OCH3 is 2. The van der Waals surface area contributed by atoms with Crippen molar-refractivity contribution in [1.29, 1.82) is 0 Å². The quantitative estimate of drug-likeness (QED) is 0.387. The minimum absolute atomic E-state index is 0.0685. The first kappa shape index (κ1) is 28.8. The summed E-state index contributed by atoms with van der Waals surface area (Å²) in [6.07, 6.45) is 1.74. The third-order valence-corrected chi connectivity index (χ3v) is 8.48. The topological polar surface area (TPSA) is 119 Å². The Labute approximate surface area is 236 Å². The summed E-state index contributed by atoms with van der Waals surface area (Å²) in [6, 6.07) is 18.4. The average molecular weight is 564 g/mol. The Morgan fingerprint density at radius 2 is 1.75 bits per heavy atom. The second kappa shape index (κ2) is 12.8. The van der Waals surface area contributed by atoms with Crippen LogP contribution in [0, 0.1) is 6.92 Å². The molecular formula is C30H33N3O6S. The van der Waals surface area contributed by atoms with Gasteiger partial charge in [0.25, 0.3) is 0 Å². The number of carbonyl (C=O) groups is 3. The number of nitrogens with two attached hydrogens (primary N) is 1. The summed E-state index contributed by atoms with van der Waals surface area (Å²) in [5, 5.41) is 0. The third-order valence-electron chi connectivity index (χ3n) is 7.00. The molecule has 0 saturated carbocycles. The Balaban J connectivity index is 1.47. The molecule has 1 fully saturated rings. The number of esters is 1. The van der Waals surface area contributed by atoms with Crippen LogP contribution in [0.25, 0.3) is 0 Å². The summed E-state index contributed by atoms with van der Waals surface area (Å²) in [5.41, 5.74) is 8.86. The van der Waals surface area contributed by atoms with Crippen molar-refractivity contribution in [3.63, 3.8) is 0 Å². The summed E-state index contributed by atoms with van der Waals surface area (Å²) in [5.74, 6) is 0.213. The number of anilines is 2. The van der Waals surface area contributed by atoms with Crippen LogP contribution < -0.4 is 15.4 Å². The van der Waals surface area contributed by atoms with Crippen LogP contribution in [-0.2, 0) is 26.8 Å². The van der Waals surface area contributed by atoms with Crippen molar-refractivity contribution in [1.82, 2.24) is 4.90 Å². The first-order chi connectivity index (χ1) is 19.2. The predicted molar refractivity (Wildman–Crippen MR) is 153 cm³/mol. The highest BCUT2D eigenvalue weighted by Crippen LogP contribution is 2.36. The number of amides is 3. The largest absolute Gasteiger partial charge is 0.495 e. The van der Waals surface area contributed by atoms with Crippen molar-refractivity contribution in [2.24, 2.45) is 5.73 Å². The third kappa shape index (κ3) is 6.34. The van der Waals surface area contributed by atoms with Crippen LogP contribution in [0.5, 0.6) is 5.75 Å². The number of hydrogen-bond acceptors (Lipinski definition) is 6. The lowest BCUT2D eigenvalue weighted by molar-refractivity contribution is -0.130. The van der Waals surface area contributed by atoms with E-state index >= 15 is 0 Å². The molecule has 1 heterocycles. The monoisotopic (exact) mass is 563 g/mol. The molecule has 0 spiro atoms. The number of para-hydroxylation sites is 1. The molecule has 1 aliphatic heterocycles. The van der Waals surface area contributed by atoms with Gasteiger partial charge in [0.2, 0.25) is 5.91 Å². The number of nitrogens with zero attached hydrogens (tertiary/aromatic N) is 2. The van der Waals surface area contributed by atoms with E-state index in [1.165, 1.54) is 19.1 Å². The van der Waals surface area contributed by atoms with Crippen LogP contribution in [-0.4, -0.2) is 59.6 Å². The molecule has 210 valence electrons. The number of benzene rings is 3. The number of likely N-dealkylation sites (tertiary alicyclic amines) is 1. The first-order valence-corrected chi connectivity index (χ1v) is 14.2. The molecule has 2 atom stereocenters. The summed E-state index contributed by atoms with van der Waals surface area (Å²) < 4.78 is 23.4. The lowest BCUT2D eigenvalue weighted by Crippen LogP contribution is -2.39. The molecule has 3 amide bonds. The Morgan fingerprint density at radius 1 is 1.02 bits per heavy atom. The maximum Gasteiger partial charge on any atom is 0.337 e. The molecule has 0 bridgehead atoms. The predicted octanol–water partition coefficient (Wildman–Crippen LogP) is 4.35. The second-order valence-corrected chi connectivity index (χ2v) is 11.1. The van der Waals surface area contributed by atoms with E-state index < -0.39 is 22.8 Å². The average Bonchev–Trinajstić information content (AvgIpc) is 3.42. The summed E-state index contributed by atoms with van der Waals surface area (Å²) in [6.45, 7) is 2.49. The lowest BCUT2D eigenvalue weighted by atomic mass is 10.1. The maximum absolute atomic E-state index is 13.3. The van der Waals surface area contributed by atoms with Crippen LogP contribution in [0.1, 0.15) is 34.3 Å². The van der Waals surface area contributed by atoms with E-state index in [1.54, 1.807) is 47.4 Å². The van der Waals surface area contributed by atoms with E-state index in [0.717, 1.165) is 24.0 Å². The number of rotatable bonds is 9. The van der Waals surface area contributed by atoms with Crippen molar-refractivity contribution in [3.05, 3.63) is 83.4 Å². The second-order valence-electron chi connectivity index (χ2n) is 9.55. The molecule has 40 heavy (non-hydrogen) atoms. The van der Waals surface area contributed by atoms with Gasteiger partial charge in [-0.05, 0) is 73.4 Å². The molecule has 10 heteroatoms. The van der Waals surface area contributed by atoms with Gasteiger partial charge in [0.15, 0.2) is 0 Å². The number of primary amides is 1.